The molecule has 0 radical (unpaired) electrons. The molecule has 0 spiro atoms. The molecule has 0 fully saturated rings. The van der Waals surface area contributed by atoms with Crippen molar-refractivity contribution in [3.8, 4) is 16.3 Å². The van der Waals surface area contributed by atoms with Crippen LogP contribution in [0.2, 0.25) is 0 Å². The normalized spacial score (nSPS) is 13.1. The number of phenols is 1. The minimum atomic E-state index is -1.17. The van der Waals surface area contributed by atoms with Crippen LogP contribution in [0.4, 0.5) is 5.69 Å². The van der Waals surface area contributed by atoms with Crippen LogP contribution in [0.1, 0.15) is 31.1 Å². The molecule has 0 saturated heterocycles. The van der Waals surface area contributed by atoms with E-state index in [9.17, 15) is 19.5 Å². The fourth-order valence-corrected chi connectivity index (χ4v) is 4.41. The molecule has 4 aromatic rings. The molecule has 0 saturated carbocycles. The molecular formula is C22H12N2O5S. The summed E-state index contributed by atoms with van der Waals surface area (Å²) in [4.78, 5) is 42.4. The molecule has 8 heteroatoms. The number of carbonyl (C=O) groups excluding carboxylic acids is 2. The van der Waals surface area contributed by atoms with Crippen LogP contribution < -0.4 is 4.90 Å². The average Bonchev–Trinajstić information content (AvgIpc) is 3.26. The summed E-state index contributed by atoms with van der Waals surface area (Å²) in [5.74, 6) is -2.14. The molecule has 2 heterocycles. The standard InChI is InChI=1S/C22H12N2O5S/c25-17-4-2-1-3-14(17)19-23-16-10-12(6-8-18(16)30-19)24-20(26)13-7-5-11(22(28)29)9-15(13)21(24)27/h1-10,25H,(H,28,29). The topological polar surface area (TPSA) is 108 Å². The van der Waals surface area contributed by atoms with Gasteiger partial charge in [0.05, 0.1) is 38.2 Å². The highest BCUT2D eigenvalue weighted by molar-refractivity contribution is 7.21. The van der Waals surface area contributed by atoms with E-state index >= 15 is 0 Å². The monoisotopic (exact) mass is 416 g/mol. The zero-order valence-electron chi connectivity index (χ0n) is 15.2. The number of aromatic hydroxyl groups is 1. The number of carboxylic acid groups (broad SMARTS) is 1. The van der Waals surface area contributed by atoms with Gasteiger partial charge in [-0.2, -0.15) is 0 Å². The van der Waals surface area contributed by atoms with Crippen LogP contribution in [-0.2, 0) is 0 Å². The third-order valence-corrected chi connectivity index (χ3v) is 5.97. The first-order valence-corrected chi connectivity index (χ1v) is 9.71. The van der Waals surface area contributed by atoms with E-state index in [0.29, 0.717) is 21.8 Å². The zero-order chi connectivity index (χ0) is 21.0. The smallest absolute Gasteiger partial charge is 0.335 e. The minimum absolute atomic E-state index is 0.0565. The van der Waals surface area contributed by atoms with Gasteiger partial charge < -0.3 is 10.2 Å². The maximum absolute atomic E-state index is 12.9. The number of thiazole rings is 1. The van der Waals surface area contributed by atoms with E-state index in [2.05, 4.69) is 4.98 Å². The van der Waals surface area contributed by atoms with Gasteiger partial charge >= 0.3 is 5.97 Å². The van der Waals surface area contributed by atoms with Gasteiger partial charge in [0.1, 0.15) is 10.8 Å². The number of imide groups is 1. The van der Waals surface area contributed by atoms with E-state index in [1.54, 1.807) is 42.5 Å². The lowest BCUT2D eigenvalue weighted by molar-refractivity contribution is 0.0696. The Balaban J connectivity index is 1.56. The Morgan fingerprint density at radius 1 is 0.900 bits per heavy atom. The lowest BCUT2D eigenvalue weighted by Gasteiger charge is -2.13. The molecule has 0 atom stereocenters. The number of benzene rings is 3. The highest BCUT2D eigenvalue weighted by Gasteiger charge is 2.37. The average molecular weight is 416 g/mol. The number of anilines is 1. The molecule has 0 aliphatic carbocycles. The Bertz CT molecular complexity index is 1390. The summed E-state index contributed by atoms with van der Waals surface area (Å²) < 4.78 is 0.835. The largest absolute Gasteiger partial charge is 0.507 e. The van der Waals surface area contributed by atoms with Gasteiger partial charge in [0.2, 0.25) is 0 Å². The molecule has 30 heavy (non-hydrogen) atoms. The maximum Gasteiger partial charge on any atom is 0.335 e. The summed E-state index contributed by atoms with van der Waals surface area (Å²) in [5.41, 5.74) is 1.70. The van der Waals surface area contributed by atoms with Crippen molar-refractivity contribution < 1.29 is 24.6 Å². The van der Waals surface area contributed by atoms with E-state index in [4.69, 9.17) is 5.11 Å². The van der Waals surface area contributed by atoms with Crippen molar-refractivity contribution in [2.24, 2.45) is 0 Å². The van der Waals surface area contributed by atoms with Crippen LogP contribution >= 0.6 is 11.3 Å². The number of para-hydroxylation sites is 1. The Hall–Kier alpha value is -4.04. The highest BCUT2D eigenvalue weighted by atomic mass is 32.1. The highest BCUT2D eigenvalue weighted by Crippen LogP contribution is 2.37. The quantitative estimate of drug-likeness (QED) is 0.486. The summed E-state index contributed by atoms with van der Waals surface area (Å²) in [7, 11) is 0. The Kier molecular flexibility index (Phi) is 3.90. The number of nitrogens with zero attached hydrogens (tertiary/aromatic N) is 2. The predicted octanol–water partition coefficient (Wildman–Crippen LogP) is 4.17. The van der Waals surface area contributed by atoms with Gasteiger partial charge in [-0.25, -0.2) is 14.7 Å². The number of amides is 2. The first-order chi connectivity index (χ1) is 14.4. The molecule has 7 nitrogen and oxygen atoms in total. The van der Waals surface area contributed by atoms with Crippen molar-refractivity contribution in [2.75, 3.05) is 4.90 Å². The first kappa shape index (κ1) is 18.0. The molecule has 1 aliphatic rings. The molecule has 2 N–H and O–H groups in total. The van der Waals surface area contributed by atoms with E-state index in [0.717, 1.165) is 9.60 Å². The van der Waals surface area contributed by atoms with Crippen LogP contribution in [0.15, 0.2) is 60.7 Å². The van der Waals surface area contributed by atoms with Gasteiger partial charge in [-0.1, -0.05) is 12.1 Å². The van der Waals surface area contributed by atoms with Crippen molar-refractivity contribution in [2.45, 2.75) is 0 Å². The van der Waals surface area contributed by atoms with E-state index in [1.807, 2.05) is 0 Å². The number of hydrogen-bond donors (Lipinski definition) is 2. The predicted molar refractivity (Wildman–Crippen MR) is 111 cm³/mol. The molecule has 3 aromatic carbocycles. The van der Waals surface area contributed by atoms with Crippen molar-refractivity contribution in [3.63, 3.8) is 0 Å². The number of aromatic carboxylic acids is 1. The lowest BCUT2D eigenvalue weighted by atomic mass is 10.1. The lowest BCUT2D eigenvalue weighted by Crippen LogP contribution is -2.29. The number of fused-ring (bicyclic) bond motifs is 2. The van der Waals surface area contributed by atoms with Gasteiger partial charge in [-0.3, -0.25) is 9.59 Å². The van der Waals surface area contributed by atoms with Gasteiger partial charge in [-0.15, -0.1) is 11.3 Å². The molecular weight excluding hydrogens is 404 g/mol. The van der Waals surface area contributed by atoms with Crippen molar-refractivity contribution in [3.05, 3.63) is 77.4 Å². The number of aromatic nitrogens is 1. The molecule has 0 unspecified atom stereocenters. The number of carbonyl (C=O) groups is 3. The number of hydrogen-bond acceptors (Lipinski definition) is 6. The first-order valence-electron chi connectivity index (χ1n) is 8.89. The van der Waals surface area contributed by atoms with E-state index in [1.165, 1.54) is 29.5 Å². The van der Waals surface area contributed by atoms with E-state index < -0.39 is 17.8 Å². The molecule has 5 rings (SSSR count). The zero-order valence-corrected chi connectivity index (χ0v) is 16.0. The van der Waals surface area contributed by atoms with Gasteiger partial charge in [0.15, 0.2) is 0 Å². The summed E-state index contributed by atoms with van der Waals surface area (Å²) in [5, 5.41) is 19.8. The fraction of sp³-hybridized carbons (Fsp3) is 0. The molecule has 1 aliphatic heterocycles. The van der Waals surface area contributed by atoms with Gasteiger partial charge in [0.25, 0.3) is 11.8 Å². The molecule has 1 aromatic heterocycles. The second-order valence-corrected chi connectivity index (χ2v) is 7.73. The van der Waals surface area contributed by atoms with Crippen molar-refractivity contribution in [1.29, 1.82) is 0 Å². The third-order valence-electron chi connectivity index (χ3n) is 4.90. The van der Waals surface area contributed by atoms with Crippen LogP contribution in [0.25, 0.3) is 20.8 Å². The molecule has 146 valence electrons. The van der Waals surface area contributed by atoms with Gasteiger partial charge in [-0.05, 0) is 48.5 Å². The third kappa shape index (κ3) is 2.66. The van der Waals surface area contributed by atoms with Crippen molar-refractivity contribution >= 4 is 45.0 Å². The Morgan fingerprint density at radius 2 is 1.67 bits per heavy atom. The van der Waals surface area contributed by atoms with E-state index in [-0.39, 0.29) is 22.4 Å². The Morgan fingerprint density at radius 3 is 2.43 bits per heavy atom. The number of phenolic OH excluding ortho intramolecular Hbond substituents is 1. The number of rotatable bonds is 3. The summed E-state index contributed by atoms with van der Waals surface area (Å²) in [6, 6.07) is 15.8. The van der Waals surface area contributed by atoms with Crippen molar-refractivity contribution in [1.82, 2.24) is 4.98 Å². The second kappa shape index (κ2) is 6.50. The molecule has 2 amide bonds. The van der Waals surface area contributed by atoms with Crippen LogP contribution in [0, 0.1) is 0 Å². The van der Waals surface area contributed by atoms with Crippen LogP contribution in [-0.4, -0.2) is 33.0 Å². The number of carboxylic acids is 1. The SMILES string of the molecule is O=C(O)c1ccc2c(c1)C(=O)N(c1ccc3sc(-c4ccccc4O)nc3c1)C2=O. The summed E-state index contributed by atoms with van der Waals surface area (Å²) >= 11 is 1.39. The molecule has 0 bridgehead atoms. The summed E-state index contributed by atoms with van der Waals surface area (Å²) in [6.07, 6.45) is 0. The Labute approximate surface area is 173 Å². The minimum Gasteiger partial charge on any atom is -0.507 e. The van der Waals surface area contributed by atoms with Crippen LogP contribution in [0.3, 0.4) is 0 Å². The second-order valence-electron chi connectivity index (χ2n) is 6.70. The maximum atomic E-state index is 12.9. The summed E-state index contributed by atoms with van der Waals surface area (Å²) in [6.45, 7) is 0. The van der Waals surface area contributed by atoms with Gasteiger partial charge in [0, 0.05) is 0 Å². The van der Waals surface area contributed by atoms with Crippen LogP contribution in [0.5, 0.6) is 5.75 Å². The fourth-order valence-electron chi connectivity index (χ4n) is 3.43.